The van der Waals surface area contributed by atoms with Gasteiger partial charge in [0.15, 0.2) is 0 Å². The lowest BCUT2D eigenvalue weighted by atomic mass is 10.2. The topological polar surface area (TPSA) is 88.2 Å². The number of halogens is 3. The number of sulfonamides is 1. The summed E-state index contributed by atoms with van der Waals surface area (Å²) >= 11 is 0. The number of benzene rings is 1. The molecule has 0 unspecified atom stereocenters. The Labute approximate surface area is 131 Å². The molecule has 7 nitrogen and oxygen atoms in total. The van der Waals surface area contributed by atoms with Gasteiger partial charge in [0.1, 0.15) is 0 Å². The quantitative estimate of drug-likeness (QED) is 0.878. The molecule has 11 heteroatoms. The smallest absolute Gasteiger partial charge is 0.467 e. The minimum absolute atomic E-state index is 0.0514. The van der Waals surface area contributed by atoms with E-state index in [0.29, 0.717) is 12.2 Å². The number of alkyl halides is 3. The van der Waals surface area contributed by atoms with E-state index in [9.17, 15) is 21.6 Å². The van der Waals surface area contributed by atoms with E-state index in [1.165, 1.54) is 5.01 Å². The van der Waals surface area contributed by atoms with Gasteiger partial charge in [0.05, 0.1) is 25.9 Å². The van der Waals surface area contributed by atoms with Crippen molar-refractivity contribution in [2.75, 3.05) is 25.2 Å². The van der Waals surface area contributed by atoms with Gasteiger partial charge < -0.3 is 10.5 Å². The summed E-state index contributed by atoms with van der Waals surface area (Å²) in [6, 6.07) is 6.23. The van der Waals surface area contributed by atoms with E-state index in [1.807, 2.05) is 0 Å². The number of nitrogens with zero attached hydrogens (tertiary/aromatic N) is 3. The van der Waals surface area contributed by atoms with E-state index in [1.54, 1.807) is 24.3 Å². The number of hydrogen-bond acceptors (Lipinski definition) is 6. The van der Waals surface area contributed by atoms with Crippen LogP contribution in [0.2, 0.25) is 0 Å². The zero-order chi connectivity index (χ0) is 17.3. The van der Waals surface area contributed by atoms with Gasteiger partial charge in [-0.2, -0.15) is 21.6 Å². The Bertz CT molecular complexity index is 688. The Kier molecular flexibility index (Phi) is 4.71. The van der Waals surface area contributed by atoms with Crippen molar-refractivity contribution in [2.24, 2.45) is 10.8 Å². The van der Waals surface area contributed by atoms with Crippen molar-refractivity contribution in [3.05, 3.63) is 29.8 Å². The molecule has 1 aliphatic heterocycles. The van der Waals surface area contributed by atoms with Crippen LogP contribution in [0.1, 0.15) is 5.56 Å². The molecule has 0 spiro atoms. The van der Waals surface area contributed by atoms with Crippen LogP contribution in [0.25, 0.3) is 0 Å². The minimum atomic E-state index is -5.54. The lowest BCUT2D eigenvalue weighted by molar-refractivity contribution is -0.0477. The molecular weight excluding hydrogens is 337 g/mol. The van der Waals surface area contributed by atoms with Gasteiger partial charge in [-0.05, 0) is 17.7 Å². The molecule has 0 amide bonds. The van der Waals surface area contributed by atoms with Crippen LogP contribution in [0, 0.1) is 0 Å². The van der Waals surface area contributed by atoms with E-state index >= 15 is 0 Å². The van der Waals surface area contributed by atoms with Crippen LogP contribution < -0.4 is 10.7 Å². The molecule has 1 aromatic carbocycles. The molecule has 0 bridgehead atoms. The maximum absolute atomic E-state index is 12.7. The SMILES string of the molecule is COC1=NN(c2ccc(CN)cc2)CCN1S(=O)(=O)C(F)(F)F. The summed E-state index contributed by atoms with van der Waals surface area (Å²) in [7, 11) is -4.49. The summed E-state index contributed by atoms with van der Waals surface area (Å²) in [6.45, 7) is -0.137. The monoisotopic (exact) mass is 352 g/mol. The summed E-state index contributed by atoms with van der Waals surface area (Å²) in [5.41, 5.74) is 1.53. The Morgan fingerprint density at radius 3 is 2.35 bits per heavy atom. The van der Waals surface area contributed by atoms with Gasteiger partial charge in [0.2, 0.25) is 0 Å². The number of amidine groups is 1. The zero-order valence-corrected chi connectivity index (χ0v) is 12.9. The van der Waals surface area contributed by atoms with Gasteiger partial charge in [-0.15, -0.1) is 5.10 Å². The molecule has 2 N–H and O–H groups in total. The second-order valence-corrected chi connectivity index (χ2v) is 6.46. The molecule has 23 heavy (non-hydrogen) atoms. The highest BCUT2D eigenvalue weighted by molar-refractivity contribution is 7.90. The first kappa shape index (κ1) is 17.3. The summed E-state index contributed by atoms with van der Waals surface area (Å²) in [5, 5.41) is 5.19. The fourth-order valence-corrected chi connectivity index (χ4v) is 2.85. The molecule has 0 atom stereocenters. The van der Waals surface area contributed by atoms with Crippen LogP contribution in [-0.4, -0.2) is 44.5 Å². The minimum Gasteiger partial charge on any atom is -0.467 e. The van der Waals surface area contributed by atoms with Crippen molar-refractivity contribution >= 4 is 21.7 Å². The van der Waals surface area contributed by atoms with Gasteiger partial charge in [-0.3, -0.25) is 5.01 Å². The third-order valence-electron chi connectivity index (χ3n) is 3.17. The number of anilines is 1. The second kappa shape index (κ2) is 6.24. The molecule has 0 aliphatic carbocycles. The first-order valence-corrected chi connectivity index (χ1v) is 7.93. The van der Waals surface area contributed by atoms with Crippen molar-refractivity contribution in [2.45, 2.75) is 12.1 Å². The van der Waals surface area contributed by atoms with E-state index in [-0.39, 0.29) is 10.8 Å². The fraction of sp³-hybridized carbons (Fsp3) is 0.417. The number of hydrazone groups is 1. The Hall–Kier alpha value is -2.01. The zero-order valence-electron chi connectivity index (χ0n) is 12.1. The highest BCUT2D eigenvalue weighted by atomic mass is 32.2. The van der Waals surface area contributed by atoms with E-state index in [4.69, 9.17) is 10.5 Å². The largest absolute Gasteiger partial charge is 0.516 e. The number of hydrogen-bond donors (Lipinski definition) is 1. The molecule has 128 valence electrons. The molecule has 1 heterocycles. The van der Waals surface area contributed by atoms with Gasteiger partial charge >= 0.3 is 21.6 Å². The van der Waals surface area contributed by atoms with Gasteiger partial charge in [0.25, 0.3) is 0 Å². The van der Waals surface area contributed by atoms with Crippen molar-refractivity contribution in [3.63, 3.8) is 0 Å². The number of methoxy groups -OCH3 is 1. The summed E-state index contributed by atoms with van der Waals surface area (Å²) in [6.07, 6.45) is 0. The number of ether oxygens (including phenoxy) is 1. The molecule has 0 saturated carbocycles. The predicted molar refractivity (Wildman–Crippen MR) is 77.8 cm³/mol. The first-order chi connectivity index (χ1) is 10.7. The maximum Gasteiger partial charge on any atom is 0.516 e. The van der Waals surface area contributed by atoms with Crippen LogP contribution >= 0.6 is 0 Å². The molecule has 0 radical (unpaired) electrons. The number of rotatable bonds is 3. The lowest BCUT2D eigenvalue weighted by Crippen LogP contribution is -2.51. The second-order valence-electron chi connectivity index (χ2n) is 4.60. The van der Waals surface area contributed by atoms with Crippen molar-refractivity contribution in [1.29, 1.82) is 0 Å². The maximum atomic E-state index is 12.7. The summed E-state index contributed by atoms with van der Waals surface area (Å²) in [5.74, 6) is 0. The van der Waals surface area contributed by atoms with Crippen molar-refractivity contribution in [3.8, 4) is 0 Å². The van der Waals surface area contributed by atoms with Crippen LogP contribution in [0.15, 0.2) is 29.4 Å². The summed E-state index contributed by atoms with van der Waals surface area (Å²) < 4.78 is 65.8. The molecule has 0 fully saturated rings. The normalized spacial score (nSPS) is 16.3. The highest BCUT2D eigenvalue weighted by Gasteiger charge is 2.52. The van der Waals surface area contributed by atoms with E-state index in [0.717, 1.165) is 12.7 Å². The average Bonchev–Trinajstić information content (AvgIpc) is 2.53. The van der Waals surface area contributed by atoms with Gasteiger partial charge in [-0.25, -0.2) is 4.31 Å². The van der Waals surface area contributed by atoms with Crippen LogP contribution in [0.4, 0.5) is 18.9 Å². The third-order valence-corrected chi connectivity index (χ3v) is 4.67. The Morgan fingerprint density at radius 2 is 1.87 bits per heavy atom. The fourth-order valence-electron chi connectivity index (χ4n) is 1.97. The lowest BCUT2D eigenvalue weighted by Gasteiger charge is -2.32. The van der Waals surface area contributed by atoms with Crippen molar-refractivity contribution in [1.82, 2.24) is 4.31 Å². The predicted octanol–water partition coefficient (Wildman–Crippen LogP) is 1.03. The molecule has 1 aromatic rings. The van der Waals surface area contributed by atoms with E-state index in [2.05, 4.69) is 5.10 Å². The highest BCUT2D eigenvalue weighted by Crippen LogP contribution is 2.29. The van der Waals surface area contributed by atoms with Gasteiger partial charge in [-0.1, -0.05) is 12.1 Å². The third kappa shape index (κ3) is 3.34. The summed E-state index contributed by atoms with van der Waals surface area (Å²) in [4.78, 5) is 0. The molecular formula is C12H15F3N4O3S. The van der Waals surface area contributed by atoms with Crippen LogP contribution in [0.5, 0.6) is 0 Å². The number of nitrogens with two attached hydrogens (primary N) is 1. The van der Waals surface area contributed by atoms with E-state index < -0.39 is 28.1 Å². The standard InChI is InChI=1S/C12H15F3N4O3S/c1-22-11-17-18(10-4-2-9(8-16)3-5-10)6-7-19(11)23(20,21)12(13,14)15/h2-5H,6-8,16H2,1H3. The first-order valence-electron chi connectivity index (χ1n) is 6.49. The molecule has 0 aromatic heterocycles. The average molecular weight is 352 g/mol. The molecule has 0 saturated heterocycles. The Morgan fingerprint density at radius 1 is 1.26 bits per heavy atom. The molecule has 1 aliphatic rings. The van der Waals surface area contributed by atoms with Crippen molar-refractivity contribution < 1.29 is 26.3 Å². The molecule has 2 rings (SSSR count). The van der Waals surface area contributed by atoms with Crippen LogP contribution in [-0.2, 0) is 21.3 Å². The van der Waals surface area contributed by atoms with Crippen LogP contribution in [0.3, 0.4) is 0 Å². The Balaban J connectivity index is 2.31. The van der Waals surface area contributed by atoms with Gasteiger partial charge in [0, 0.05) is 6.54 Å².